The van der Waals surface area contributed by atoms with Crippen molar-refractivity contribution in [2.75, 3.05) is 20.3 Å². The number of hydrogen-bond acceptors (Lipinski definition) is 4. The number of ether oxygens (including phenoxy) is 1. The Morgan fingerprint density at radius 2 is 2.11 bits per heavy atom. The second-order valence-electron chi connectivity index (χ2n) is 4.71. The van der Waals surface area contributed by atoms with Crippen molar-refractivity contribution in [1.29, 1.82) is 0 Å². The van der Waals surface area contributed by atoms with Crippen LogP contribution in [0.2, 0.25) is 0 Å². The van der Waals surface area contributed by atoms with Gasteiger partial charge in [0.05, 0.1) is 16.3 Å². The van der Waals surface area contributed by atoms with Crippen molar-refractivity contribution >= 4 is 21.6 Å². The van der Waals surface area contributed by atoms with Gasteiger partial charge in [0.2, 0.25) is 0 Å². The molecule has 0 aliphatic carbocycles. The Bertz CT molecular complexity index is 464. The summed E-state index contributed by atoms with van der Waals surface area (Å²) in [5, 5.41) is 4.67. The Kier molecular flexibility index (Phi) is 4.69. The van der Waals surface area contributed by atoms with Gasteiger partial charge in [-0.2, -0.15) is 0 Å². The van der Waals surface area contributed by atoms with E-state index >= 15 is 0 Å². The number of nitrogens with one attached hydrogen (secondary N) is 1. The number of nitrogens with zero attached hydrogens (tertiary/aromatic N) is 1. The minimum absolute atomic E-state index is 0.293. The molecule has 0 fully saturated rings. The molecule has 2 atom stereocenters. The summed E-state index contributed by atoms with van der Waals surface area (Å²) in [5.41, 5.74) is 1.09. The summed E-state index contributed by atoms with van der Waals surface area (Å²) in [6, 6.07) is 8.57. The molecule has 1 heterocycles. The van der Waals surface area contributed by atoms with Crippen molar-refractivity contribution in [3.8, 4) is 0 Å². The topological polar surface area (TPSA) is 34.1 Å². The Hall–Kier alpha value is -0.970. The average Bonchev–Trinajstić information content (AvgIpc) is 2.80. The van der Waals surface area contributed by atoms with Crippen LogP contribution in [0.5, 0.6) is 0 Å². The van der Waals surface area contributed by atoms with E-state index in [-0.39, 0.29) is 0 Å². The van der Waals surface area contributed by atoms with Gasteiger partial charge < -0.3 is 10.1 Å². The van der Waals surface area contributed by atoms with Crippen LogP contribution in [-0.2, 0) is 4.74 Å². The molecule has 0 saturated carbocycles. The summed E-state index contributed by atoms with van der Waals surface area (Å²) in [4.78, 5) is 4.66. The maximum absolute atomic E-state index is 5.14. The van der Waals surface area contributed by atoms with Crippen molar-refractivity contribution in [1.82, 2.24) is 10.3 Å². The lowest BCUT2D eigenvalue weighted by molar-refractivity contribution is 0.157. The van der Waals surface area contributed by atoms with E-state index in [1.807, 2.05) is 6.07 Å². The van der Waals surface area contributed by atoms with Crippen LogP contribution in [0, 0.1) is 5.92 Å². The molecular formula is C14H20N2OS. The molecule has 1 aromatic carbocycles. The van der Waals surface area contributed by atoms with Crippen LogP contribution in [-0.4, -0.2) is 25.2 Å². The molecule has 0 aliphatic heterocycles. The average molecular weight is 264 g/mol. The van der Waals surface area contributed by atoms with Gasteiger partial charge in [0, 0.05) is 20.3 Å². The SMILES string of the molecule is COCC(C)CNC(C)c1nc2ccccc2s1. The smallest absolute Gasteiger partial charge is 0.111 e. The fraction of sp³-hybridized carbons (Fsp3) is 0.500. The number of methoxy groups -OCH3 is 1. The quantitative estimate of drug-likeness (QED) is 0.870. The molecule has 0 radical (unpaired) electrons. The standard InChI is InChI=1S/C14H20N2OS/c1-10(9-17-3)8-15-11(2)14-16-12-6-4-5-7-13(12)18-14/h4-7,10-11,15H,8-9H2,1-3H3. The highest BCUT2D eigenvalue weighted by atomic mass is 32.1. The number of hydrogen-bond donors (Lipinski definition) is 1. The first-order valence-electron chi connectivity index (χ1n) is 6.28. The highest BCUT2D eigenvalue weighted by Crippen LogP contribution is 2.25. The Morgan fingerprint density at radius 1 is 1.33 bits per heavy atom. The molecular weight excluding hydrogens is 244 g/mol. The largest absolute Gasteiger partial charge is 0.384 e. The first kappa shape index (κ1) is 13.5. The van der Waals surface area contributed by atoms with Gasteiger partial charge in [-0.05, 0) is 25.0 Å². The van der Waals surface area contributed by atoms with Gasteiger partial charge in [0.15, 0.2) is 0 Å². The Balaban J connectivity index is 1.98. The monoisotopic (exact) mass is 264 g/mol. The van der Waals surface area contributed by atoms with Gasteiger partial charge in [0.25, 0.3) is 0 Å². The van der Waals surface area contributed by atoms with Gasteiger partial charge in [-0.3, -0.25) is 0 Å². The molecule has 2 unspecified atom stereocenters. The molecule has 0 bridgehead atoms. The molecule has 98 valence electrons. The van der Waals surface area contributed by atoms with Gasteiger partial charge >= 0.3 is 0 Å². The fourth-order valence-electron chi connectivity index (χ4n) is 1.88. The minimum Gasteiger partial charge on any atom is -0.384 e. The molecule has 1 N–H and O–H groups in total. The summed E-state index contributed by atoms with van der Waals surface area (Å²) in [7, 11) is 1.74. The highest BCUT2D eigenvalue weighted by molar-refractivity contribution is 7.18. The normalized spacial score (nSPS) is 14.8. The molecule has 0 amide bonds. The van der Waals surface area contributed by atoms with Crippen LogP contribution < -0.4 is 5.32 Å². The summed E-state index contributed by atoms with van der Waals surface area (Å²) in [5.74, 6) is 0.520. The molecule has 3 nitrogen and oxygen atoms in total. The lowest BCUT2D eigenvalue weighted by Crippen LogP contribution is -2.26. The molecule has 0 aliphatic rings. The zero-order valence-electron chi connectivity index (χ0n) is 11.1. The Morgan fingerprint density at radius 3 is 2.83 bits per heavy atom. The predicted molar refractivity (Wildman–Crippen MR) is 77.1 cm³/mol. The fourth-order valence-corrected chi connectivity index (χ4v) is 2.88. The summed E-state index contributed by atoms with van der Waals surface area (Å²) < 4.78 is 6.39. The number of fused-ring (bicyclic) bond motifs is 1. The van der Waals surface area contributed by atoms with E-state index in [4.69, 9.17) is 4.74 Å². The molecule has 2 aromatic rings. The van der Waals surface area contributed by atoms with Crippen LogP contribution in [0.25, 0.3) is 10.2 Å². The molecule has 0 spiro atoms. The first-order valence-corrected chi connectivity index (χ1v) is 7.10. The zero-order chi connectivity index (χ0) is 13.0. The van der Waals surface area contributed by atoms with E-state index in [0.29, 0.717) is 12.0 Å². The van der Waals surface area contributed by atoms with Crippen LogP contribution in [0.4, 0.5) is 0 Å². The summed E-state index contributed by atoms with van der Waals surface area (Å²) >= 11 is 1.77. The van der Waals surface area contributed by atoms with Crippen molar-refractivity contribution < 1.29 is 4.74 Å². The van der Waals surface area contributed by atoms with Crippen LogP contribution in [0.3, 0.4) is 0 Å². The summed E-state index contributed by atoms with van der Waals surface area (Å²) in [6.45, 7) is 6.09. The van der Waals surface area contributed by atoms with Crippen LogP contribution >= 0.6 is 11.3 Å². The van der Waals surface area contributed by atoms with Crippen LogP contribution in [0.15, 0.2) is 24.3 Å². The Labute approximate surface area is 112 Å². The van der Waals surface area contributed by atoms with E-state index < -0.39 is 0 Å². The van der Waals surface area contributed by atoms with Gasteiger partial charge in [0.1, 0.15) is 5.01 Å². The second-order valence-corrected chi connectivity index (χ2v) is 5.77. The van der Waals surface area contributed by atoms with E-state index in [9.17, 15) is 0 Å². The number of benzene rings is 1. The third kappa shape index (κ3) is 3.28. The summed E-state index contributed by atoms with van der Waals surface area (Å²) in [6.07, 6.45) is 0. The van der Waals surface area contributed by atoms with Gasteiger partial charge in [-0.25, -0.2) is 4.98 Å². The third-order valence-electron chi connectivity index (χ3n) is 2.90. The van der Waals surface area contributed by atoms with E-state index in [2.05, 4.69) is 42.3 Å². The molecule has 18 heavy (non-hydrogen) atoms. The van der Waals surface area contributed by atoms with E-state index in [1.54, 1.807) is 18.4 Å². The van der Waals surface area contributed by atoms with Crippen molar-refractivity contribution in [3.05, 3.63) is 29.3 Å². The van der Waals surface area contributed by atoms with E-state index in [0.717, 1.165) is 23.7 Å². The predicted octanol–water partition coefficient (Wildman–Crippen LogP) is 3.23. The molecule has 4 heteroatoms. The third-order valence-corrected chi connectivity index (χ3v) is 4.12. The maximum atomic E-state index is 5.14. The number of rotatable bonds is 6. The zero-order valence-corrected chi connectivity index (χ0v) is 12.0. The van der Waals surface area contributed by atoms with Crippen LogP contribution in [0.1, 0.15) is 24.9 Å². The minimum atomic E-state index is 0.293. The lowest BCUT2D eigenvalue weighted by Gasteiger charge is -2.15. The number of thiazole rings is 1. The van der Waals surface area contributed by atoms with Crippen molar-refractivity contribution in [2.45, 2.75) is 19.9 Å². The highest BCUT2D eigenvalue weighted by Gasteiger charge is 2.12. The molecule has 1 aromatic heterocycles. The van der Waals surface area contributed by atoms with Gasteiger partial charge in [-0.15, -0.1) is 11.3 Å². The van der Waals surface area contributed by atoms with Crippen molar-refractivity contribution in [3.63, 3.8) is 0 Å². The number of para-hydroxylation sites is 1. The molecule has 0 saturated heterocycles. The van der Waals surface area contributed by atoms with Crippen molar-refractivity contribution in [2.24, 2.45) is 5.92 Å². The van der Waals surface area contributed by atoms with E-state index in [1.165, 1.54) is 4.70 Å². The molecule has 2 rings (SSSR count). The lowest BCUT2D eigenvalue weighted by atomic mass is 10.2. The number of aromatic nitrogens is 1. The first-order chi connectivity index (χ1) is 8.70. The maximum Gasteiger partial charge on any atom is 0.111 e. The van der Waals surface area contributed by atoms with Gasteiger partial charge in [-0.1, -0.05) is 19.1 Å². The second kappa shape index (κ2) is 6.27.